The fraction of sp³-hybridized carbons (Fsp3) is 0.562. The lowest BCUT2D eigenvalue weighted by atomic mass is 9.72. The predicted octanol–water partition coefficient (Wildman–Crippen LogP) is 3.46. The minimum absolute atomic E-state index is 0.255. The normalized spacial score (nSPS) is 21.8. The molecule has 0 aromatic heterocycles. The topological polar surface area (TPSA) is 36.3 Å². The zero-order valence-electron chi connectivity index (χ0n) is 12.0. The lowest BCUT2D eigenvalue weighted by Gasteiger charge is -2.44. The summed E-state index contributed by atoms with van der Waals surface area (Å²) >= 11 is 0. The van der Waals surface area contributed by atoms with Crippen molar-refractivity contribution < 1.29 is 4.74 Å². The number of hydrogen-bond donors (Lipinski definition) is 0. The van der Waals surface area contributed by atoms with Crippen LogP contribution >= 0.6 is 0 Å². The number of nitriles is 1. The highest BCUT2D eigenvalue weighted by atomic mass is 16.5. The van der Waals surface area contributed by atoms with Gasteiger partial charge in [0, 0.05) is 31.3 Å². The van der Waals surface area contributed by atoms with Crippen molar-refractivity contribution >= 4 is 5.69 Å². The maximum absolute atomic E-state index is 9.00. The molecule has 2 rings (SSSR count). The van der Waals surface area contributed by atoms with E-state index in [0.717, 1.165) is 25.3 Å². The number of hydrogen-bond acceptors (Lipinski definition) is 3. The first-order valence-electron chi connectivity index (χ1n) is 6.83. The van der Waals surface area contributed by atoms with Crippen LogP contribution in [0.4, 0.5) is 5.69 Å². The maximum atomic E-state index is 9.00. The Morgan fingerprint density at radius 3 is 2.95 bits per heavy atom. The standard InChI is InChI=1S/C16H22N2O/c1-16(2)8-10-18(12-13(16)7-9-17)14-5-4-6-15(11-14)19-3/h4-6,11,13H,7-8,10,12H2,1-3H3. The number of nitrogens with zero attached hydrogens (tertiary/aromatic N) is 2. The van der Waals surface area contributed by atoms with Crippen LogP contribution < -0.4 is 9.64 Å². The summed E-state index contributed by atoms with van der Waals surface area (Å²) in [6.45, 7) is 6.55. The number of ether oxygens (including phenoxy) is 1. The quantitative estimate of drug-likeness (QED) is 0.833. The summed E-state index contributed by atoms with van der Waals surface area (Å²) in [5, 5.41) is 9.00. The van der Waals surface area contributed by atoms with Crippen LogP contribution in [0.5, 0.6) is 5.75 Å². The highest BCUT2D eigenvalue weighted by Crippen LogP contribution is 2.39. The van der Waals surface area contributed by atoms with E-state index in [1.807, 2.05) is 12.1 Å². The van der Waals surface area contributed by atoms with Crippen LogP contribution in [0.15, 0.2) is 24.3 Å². The Kier molecular flexibility index (Phi) is 3.99. The first-order chi connectivity index (χ1) is 9.06. The van der Waals surface area contributed by atoms with E-state index in [4.69, 9.17) is 10.00 Å². The second-order valence-corrected chi connectivity index (χ2v) is 5.95. The molecular weight excluding hydrogens is 236 g/mol. The van der Waals surface area contributed by atoms with Crippen molar-refractivity contribution in [1.29, 1.82) is 5.26 Å². The van der Waals surface area contributed by atoms with Gasteiger partial charge in [0.05, 0.1) is 13.2 Å². The summed E-state index contributed by atoms with van der Waals surface area (Å²) in [7, 11) is 1.69. The molecule has 1 atom stereocenters. The summed E-state index contributed by atoms with van der Waals surface area (Å²) in [6, 6.07) is 10.5. The van der Waals surface area contributed by atoms with Crippen molar-refractivity contribution in [2.24, 2.45) is 11.3 Å². The second kappa shape index (κ2) is 5.52. The van der Waals surface area contributed by atoms with Crippen molar-refractivity contribution in [2.75, 3.05) is 25.1 Å². The molecule has 3 nitrogen and oxygen atoms in total. The molecule has 0 saturated carbocycles. The molecule has 0 amide bonds. The molecule has 1 aliphatic heterocycles. The first kappa shape index (κ1) is 13.7. The zero-order valence-corrected chi connectivity index (χ0v) is 12.0. The van der Waals surface area contributed by atoms with Gasteiger partial charge in [0.2, 0.25) is 0 Å². The molecule has 1 heterocycles. The zero-order chi connectivity index (χ0) is 13.9. The van der Waals surface area contributed by atoms with Gasteiger partial charge >= 0.3 is 0 Å². The van der Waals surface area contributed by atoms with Gasteiger partial charge in [0.15, 0.2) is 0 Å². The molecule has 1 aliphatic rings. The van der Waals surface area contributed by atoms with E-state index in [-0.39, 0.29) is 5.41 Å². The van der Waals surface area contributed by atoms with Crippen LogP contribution in [0, 0.1) is 22.7 Å². The average molecular weight is 258 g/mol. The van der Waals surface area contributed by atoms with Gasteiger partial charge in [-0.2, -0.15) is 5.26 Å². The van der Waals surface area contributed by atoms with Crippen LogP contribution in [0.25, 0.3) is 0 Å². The first-order valence-corrected chi connectivity index (χ1v) is 6.83. The van der Waals surface area contributed by atoms with Crippen LogP contribution in [0.1, 0.15) is 26.7 Å². The highest BCUT2D eigenvalue weighted by Gasteiger charge is 2.35. The number of methoxy groups -OCH3 is 1. The molecule has 0 N–H and O–H groups in total. The van der Waals surface area contributed by atoms with Gasteiger partial charge in [0.1, 0.15) is 5.75 Å². The Morgan fingerprint density at radius 1 is 1.47 bits per heavy atom. The van der Waals surface area contributed by atoms with E-state index in [1.165, 1.54) is 5.69 Å². The van der Waals surface area contributed by atoms with Crippen LogP contribution in [-0.2, 0) is 0 Å². The third-order valence-corrected chi connectivity index (χ3v) is 4.33. The second-order valence-electron chi connectivity index (χ2n) is 5.95. The van der Waals surface area contributed by atoms with Gasteiger partial charge in [-0.15, -0.1) is 0 Å². The SMILES string of the molecule is COc1cccc(N2CCC(C)(C)C(CC#N)C2)c1. The Hall–Kier alpha value is -1.69. The van der Waals surface area contributed by atoms with Crippen LogP contribution in [0.2, 0.25) is 0 Å². The third kappa shape index (κ3) is 3.01. The van der Waals surface area contributed by atoms with Crippen molar-refractivity contribution in [3.63, 3.8) is 0 Å². The van der Waals surface area contributed by atoms with Gasteiger partial charge in [-0.25, -0.2) is 0 Å². The van der Waals surface area contributed by atoms with Crippen molar-refractivity contribution in [2.45, 2.75) is 26.7 Å². The van der Waals surface area contributed by atoms with E-state index < -0.39 is 0 Å². The van der Waals surface area contributed by atoms with Gasteiger partial charge in [-0.05, 0) is 29.9 Å². The monoisotopic (exact) mass is 258 g/mol. The predicted molar refractivity (Wildman–Crippen MR) is 77.3 cm³/mol. The van der Waals surface area contributed by atoms with E-state index in [0.29, 0.717) is 12.3 Å². The molecule has 102 valence electrons. The van der Waals surface area contributed by atoms with Crippen LogP contribution in [0.3, 0.4) is 0 Å². The lowest BCUT2D eigenvalue weighted by Crippen LogP contribution is -2.44. The number of rotatable bonds is 3. The molecule has 3 heteroatoms. The molecule has 0 radical (unpaired) electrons. The Morgan fingerprint density at radius 2 is 2.26 bits per heavy atom. The van der Waals surface area contributed by atoms with Crippen molar-refractivity contribution in [3.05, 3.63) is 24.3 Å². The molecule has 0 aliphatic carbocycles. The van der Waals surface area contributed by atoms with Gasteiger partial charge < -0.3 is 9.64 Å². The molecule has 0 spiro atoms. The van der Waals surface area contributed by atoms with E-state index in [1.54, 1.807) is 7.11 Å². The molecule has 0 bridgehead atoms. The minimum Gasteiger partial charge on any atom is -0.497 e. The largest absolute Gasteiger partial charge is 0.497 e. The fourth-order valence-electron chi connectivity index (χ4n) is 2.72. The molecule has 1 unspecified atom stereocenters. The van der Waals surface area contributed by atoms with Gasteiger partial charge in [-0.3, -0.25) is 0 Å². The van der Waals surface area contributed by atoms with Gasteiger partial charge in [-0.1, -0.05) is 19.9 Å². The van der Waals surface area contributed by atoms with E-state index in [9.17, 15) is 0 Å². The Bertz CT molecular complexity index is 476. The summed E-state index contributed by atoms with van der Waals surface area (Å²) < 4.78 is 5.28. The molecule has 1 saturated heterocycles. The molecule has 1 aromatic carbocycles. The lowest BCUT2D eigenvalue weighted by molar-refractivity contribution is 0.174. The average Bonchev–Trinajstić information content (AvgIpc) is 2.41. The van der Waals surface area contributed by atoms with Gasteiger partial charge in [0.25, 0.3) is 0 Å². The summed E-state index contributed by atoms with van der Waals surface area (Å²) in [5.41, 5.74) is 1.45. The summed E-state index contributed by atoms with van der Waals surface area (Å²) in [4.78, 5) is 2.37. The Balaban J connectivity index is 2.16. The minimum atomic E-state index is 0.255. The van der Waals surface area contributed by atoms with Crippen molar-refractivity contribution in [1.82, 2.24) is 0 Å². The molecule has 19 heavy (non-hydrogen) atoms. The maximum Gasteiger partial charge on any atom is 0.120 e. The number of piperidine rings is 1. The third-order valence-electron chi connectivity index (χ3n) is 4.33. The number of benzene rings is 1. The molecule has 1 fully saturated rings. The number of anilines is 1. The fourth-order valence-corrected chi connectivity index (χ4v) is 2.72. The van der Waals surface area contributed by atoms with E-state index >= 15 is 0 Å². The van der Waals surface area contributed by atoms with Crippen molar-refractivity contribution in [3.8, 4) is 11.8 Å². The summed E-state index contributed by atoms with van der Waals surface area (Å²) in [5.74, 6) is 1.32. The molecule has 1 aromatic rings. The summed E-state index contributed by atoms with van der Waals surface area (Å²) in [6.07, 6.45) is 1.75. The van der Waals surface area contributed by atoms with E-state index in [2.05, 4.69) is 36.9 Å². The Labute approximate surface area is 115 Å². The van der Waals surface area contributed by atoms with Crippen LogP contribution in [-0.4, -0.2) is 20.2 Å². The molecular formula is C16H22N2O. The highest BCUT2D eigenvalue weighted by molar-refractivity contribution is 5.51. The smallest absolute Gasteiger partial charge is 0.120 e.